The molecule has 0 spiro atoms. The first-order chi connectivity index (χ1) is 8.68. The first-order valence-corrected chi connectivity index (χ1v) is 6.34. The van der Waals surface area contributed by atoms with Crippen LogP contribution in [0.25, 0.3) is 0 Å². The van der Waals surface area contributed by atoms with Crippen LogP contribution in [0.2, 0.25) is 0 Å². The molecule has 98 valence electrons. The monoisotopic (exact) mass is 250 g/mol. The highest BCUT2D eigenvalue weighted by Crippen LogP contribution is 2.22. The molecule has 18 heavy (non-hydrogen) atoms. The first-order valence-electron chi connectivity index (χ1n) is 6.34. The standard InChI is InChI=1S/C13H18N2O3/c16-12(17)7-6-10-4-1-2-9-15(10)13(18)11-5-3-8-14-11/h3,5,8,10,14H,1-2,4,6-7,9H2,(H,16,17)/t10-/m1/s1. The van der Waals surface area contributed by atoms with Crippen LogP contribution in [0, 0.1) is 0 Å². The van der Waals surface area contributed by atoms with Crippen molar-refractivity contribution in [2.75, 3.05) is 6.54 Å². The van der Waals surface area contributed by atoms with Crippen molar-refractivity contribution in [2.24, 2.45) is 0 Å². The minimum absolute atomic E-state index is 0.0184. The number of nitrogens with zero attached hydrogens (tertiary/aromatic N) is 1. The van der Waals surface area contributed by atoms with Gasteiger partial charge in [-0.15, -0.1) is 0 Å². The van der Waals surface area contributed by atoms with Gasteiger partial charge in [-0.3, -0.25) is 9.59 Å². The maximum atomic E-state index is 12.3. The summed E-state index contributed by atoms with van der Waals surface area (Å²) in [6.07, 6.45) is 5.36. The van der Waals surface area contributed by atoms with Crippen molar-refractivity contribution >= 4 is 11.9 Å². The third-order valence-electron chi connectivity index (χ3n) is 3.41. The number of likely N-dealkylation sites (tertiary alicyclic amines) is 1. The Kier molecular flexibility index (Phi) is 4.02. The summed E-state index contributed by atoms with van der Waals surface area (Å²) < 4.78 is 0. The second-order valence-electron chi connectivity index (χ2n) is 4.66. The van der Waals surface area contributed by atoms with Crippen molar-refractivity contribution in [1.82, 2.24) is 9.88 Å². The number of amides is 1. The molecule has 1 aliphatic heterocycles. The number of carboxylic acid groups (broad SMARTS) is 1. The van der Waals surface area contributed by atoms with E-state index in [1.807, 2.05) is 4.90 Å². The van der Waals surface area contributed by atoms with E-state index >= 15 is 0 Å². The van der Waals surface area contributed by atoms with Gasteiger partial charge in [0.15, 0.2) is 0 Å². The Morgan fingerprint density at radius 1 is 1.44 bits per heavy atom. The lowest BCUT2D eigenvalue weighted by atomic mass is 9.97. The molecule has 0 unspecified atom stereocenters. The summed E-state index contributed by atoms with van der Waals surface area (Å²) in [7, 11) is 0. The van der Waals surface area contributed by atoms with Crippen LogP contribution in [0.1, 0.15) is 42.6 Å². The van der Waals surface area contributed by atoms with Crippen molar-refractivity contribution in [1.29, 1.82) is 0 Å². The molecule has 2 rings (SSSR count). The summed E-state index contributed by atoms with van der Waals surface area (Å²) in [5.74, 6) is -0.817. The van der Waals surface area contributed by atoms with Gasteiger partial charge in [-0.2, -0.15) is 0 Å². The van der Waals surface area contributed by atoms with E-state index in [2.05, 4.69) is 4.98 Å². The van der Waals surface area contributed by atoms with Crippen LogP contribution >= 0.6 is 0 Å². The highest BCUT2D eigenvalue weighted by Gasteiger charge is 2.27. The molecular weight excluding hydrogens is 232 g/mol. The summed E-state index contributed by atoms with van der Waals surface area (Å²) in [4.78, 5) is 27.6. The lowest BCUT2D eigenvalue weighted by Crippen LogP contribution is -2.44. The lowest BCUT2D eigenvalue weighted by molar-refractivity contribution is -0.137. The molecular formula is C13H18N2O3. The maximum Gasteiger partial charge on any atom is 0.303 e. The zero-order chi connectivity index (χ0) is 13.0. The summed E-state index contributed by atoms with van der Waals surface area (Å²) in [5, 5.41) is 8.74. The average Bonchev–Trinajstić information content (AvgIpc) is 2.89. The van der Waals surface area contributed by atoms with Gasteiger partial charge in [-0.1, -0.05) is 0 Å². The van der Waals surface area contributed by atoms with Crippen LogP contribution in [0.5, 0.6) is 0 Å². The third-order valence-corrected chi connectivity index (χ3v) is 3.41. The summed E-state index contributed by atoms with van der Waals surface area (Å²) in [5.41, 5.74) is 0.581. The number of carboxylic acids is 1. The minimum atomic E-state index is -0.798. The van der Waals surface area contributed by atoms with Gasteiger partial charge in [0.25, 0.3) is 5.91 Å². The number of carbonyl (C=O) groups excluding carboxylic acids is 1. The second kappa shape index (κ2) is 5.71. The van der Waals surface area contributed by atoms with Gasteiger partial charge in [-0.05, 0) is 37.8 Å². The number of carbonyl (C=O) groups is 2. The zero-order valence-corrected chi connectivity index (χ0v) is 10.3. The molecule has 1 saturated heterocycles. The number of H-pyrrole nitrogens is 1. The van der Waals surface area contributed by atoms with Crippen molar-refractivity contribution < 1.29 is 14.7 Å². The third kappa shape index (κ3) is 2.91. The molecule has 2 N–H and O–H groups in total. The number of hydrogen-bond donors (Lipinski definition) is 2. The highest BCUT2D eigenvalue weighted by molar-refractivity contribution is 5.92. The maximum absolute atomic E-state index is 12.3. The van der Waals surface area contributed by atoms with E-state index in [0.717, 1.165) is 25.8 Å². The van der Waals surface area contributed by atoms with Crippen molar-refractivity contribution in [2.45, 2.75) is 38.1 Å². The second-order valence-corrected chi connectivity index (χ2v) is 4.66. The number of nitrogens with one attached hydrogen (secondary N) is 1. The number of aromatic amines is 1. The summed E-state index contributed by atoms with van der Waals surface area (Å²) in [6.45, 7) is 0.724. The molecule has 1 fully saturated rings. The Bertz CT molecular complexity index is 414. The van der Waals surface area contributed by atoms with Gasteiger partial charge >= 0.3 is 5.97 Å². The number of aromatic nitrogens is 1. The van der Waals surface area contributed by atoms with Crippen LogP contribution in [0.4, 0.5) is 0 Å². The van der Waals surface area contributed by atoms with E-state index in [9.17, 15) is 9.59 Å². The normalized spacial score (nSPS) is 19.8. The molecule has 1 aromatic rings. The fourth-order valence-electron chi connectivity index (χ4n) is 2.48. The molecule has 1 aliphatic rings. The van der Waals surface area contributed by atoms with Crippen molar-refractivity contribution in [3.63, 3.8) is 0 Å². The van der Waals surface area contributed by atoms with Gasteiger partial charge < -0.3 is 15.0 Å². The molecule has 1 amide bonds. The molecule has 1 atom stereocenters. The van der Waals surface area contributed by atoms with E-state index in [-0.39, 0.29) is 18.4 Å². The molecule has 0 aromatic carbocycles. The van der Waals surface area contributed by atoms with Gasteiger partial charge in [0.2, 0.25) is 0 Å². The SMILES string of the molecule is O=C(O)CC[C@H]1CCCCN1C(=O)c1ccc[nH]1. The molecule has 0 aliphatic carbocycles. The largest absolute Gasteiger partial charge is 0.481 e. The van der Waals surface area contributed by atoms with Crippen LogP contribution < -0.4 is 0 Å². The quantitative estimate of drug-likeness (QED) is 0.856. The first kappa shape index (κ1) is 12.7. The van der Waals surface area contributed by atoms with E-state index < -0.39 is 5.97 Å². The molecule has 5 heteroatoms. The molecule has 5 nitrogen and oxygen atoms in total. The average molecular weight is 250 g/mol. The van der Waals surface area contributed by atoms with Crippen molar-refractivity contribution in [3.8, 4) is 0 Å². The topological polar surface area (TPSA) is 73.4 Å². The van der Waals surface area contributed by atoms with Crippen LogP contribution in [-0.4, -0.2) is 39.5 Å². The molecule has 0 saturated carbocycles. The van der Waals surface area contributed by atoms with Crippen LogP contribution in [-0.2, 0) is 4.79 Å². The highest BCUT2D eigenvalue weighted by atomic mass is 16.4. The van der Waals surface area contributed by atoms with E-state index in [1.165, 1.54) is 0 Å². The van der Waals surface area contributed by atoms with Gasteiger partial charge in [0, 0.05) is 25.2 Å². The Morgan fingerprint density at radius 3 is 2.94 bits per heavy atom. The number of aliphatic carboxylic acids is 1. The van der Waals surface area contributed by atoms with Crippen molar-refractivity contribution in [3.05, 3.63) is 24.0 Å². The van der Waals surface area contributed by atoms with Crippen LogP contribution in [0.3, 0.4) is 0 Å². The van der Waals surface area contributed by atoms with Gasteiger partial charge in [0.05, 0.1) is 0 Å². The fourth-order valence-corrected chi connectivity index (χ4v) is 2.48. The lowest BCUT2D eigenvalue weighted by Gasteiger charge is -2.35. The minimum Gasteiger partial charge on any atom is -0.481 e. The fraction of sp³-hybridized carbons (Fsp3) is 0.538. The Hall–Kier alpha value is -1.78. The number of piperidine rings is 1. The smallest absolute Gasteiger partial charge is 0.303 e. The van der Waals surface area contributed by atoms with Gasteiger partial charge in [-0.25, -0.2) is 0 Å². The zero-order valence-electron chi connectivity index (χ0n) is 10.3. The molecule has 2 heterocycles. The summed E-state index contributed by atoms with van der Waals surface area (Å²) in [6, 6.07) is 3.61. The van der Waals surface area contributed by atoms with E-state index in [4.69, 9.17) is 5.11 Å². The predicted molar refractivity (Wildman–Crippen MR) is 66.3 cm³/mol. The molecule has 0 radical (unpaired) electrons. The van der Waals surface area contributed by atoms with Crippen LogP contribution in [0.15, 0.2) is 18.3 Å². The Balaban J connectivity index is 2.03. The Morgan fingerprint density at radius 2 is 2.28 bits per heavy atom. The van der Waals surface area contributed by atoms with E-state index in [1.54, 1.807) is 18.3 Å². The molecule has 1 aromatic heterocycles. The Labute approximate surface area is 106 Å². The predicted octanol–water partition coefficient (Wildman–Crippen LogP) is 1.87. The van der Waals surface area contributed by atoms with E-state index in [0.29, 0.717) is 12.1 Å². The number of hydrogen-bond acceptors (Lipinski definition) is 2. The number of rotatable bonds is 4. The summed E-state index contributed by atoms with van der Waals surface area (Å²) >= 11 is 0. The van der Waals surface area contributed by atoms with Gasteiger partial charge in [0.1, 0.15) is 5.69 Å². The molecule has 0 bridgehead atoms.